The highest BCUT2D eigenvalue weighted by Gasteiger charge is 2.17. The van der Waals surface area contributed by atoms with Gasteiger partial charge < -0.3 is 4.74 Å². The Balaban J connectivity index is 2.67. The molecule has 0 saturated carbocycles. The molecule has 1 aliphatic rings. The first-order valence-corrected chi connectivity index (χ1v) is 5.29. The second-order valence-electron chi connectivity index (χ2n) is 2.31. The molecule has 0 amide bonds. The zero-order valence-electron chi connectivity index (χ0n) is 7.40. The van der Waals surface area contributed by atoms with Crippen LogP contribution in [-0.4, -0.2) is 41.4 Å². The third-order valence-electron chi connectivity index (χ3n) is 1.43. The first kappa shape index (κ1) is 9.25. The van der Waals surface area contributed by atoms with Crippen LogP contribution in [0.4, 0.5) is 0 Å². The van der Waals surface area contributed by atoms with Crippen LogP contribution in [0.15, 0.2) is 5.10 Å². The van der Waals surface area contributed by atoms with Crippen molar-refractivity contribution in [2.45, 2.75) is 6.92 Å². The lowest BCUT2D eigenvalue weighted by molar-refractivity contribution is -0.134. The molecule has 0 fully saturated rings. The van der Waals surface area contributed by atoms with Gasteiger partial charge in [-0.25, -0.2) is 9.21 Å². The fourth-order valence-electron chi connectivity index (χ4n) is 0.771. The molecule has 0 radical (unpaired) electrons. The molecule has 0 spiro atoms. The molecule has 1 atom stereocenters. The molecule has 1 heterocycles. The first-order chi connectivity index (χ1) is 5.65. The summed E-state index contributed by atoms with van der Waals surface area (Å²) in [4.78, 5) is 11.1. The Kier molecular flexibility index (Phi) is 2.86. The molecule has 0 N–H and O–H groups in total. The van der Waals surface area contributed by atoms with Crippen LogP contribution in [-0.2, 0) is 9.53 Å². The fourth-order valence-corrected chi connectivity index (χ4v) is 1.61. The molecule has 0 bridgehead atoms. The van der Waals surface area contributed by atoms with Gasteiger partial charge in [-0.05, 0) is 13.2 Å². The molecule has 0 saturated heterocycles. The van der Waals surface area contributed by atoms with E-state index < -0.39 is 0 Å². The molecule has 4 nitrogen and oxygen atoms in total. The van der Waals surface area contributed by atoms with Crippen molar-refractivity contribution in [3.05, 3.63) is 0 Å². The minimum atomic E-state index is -0.332. The highest BCUT2D eigenvalue weighted by atomic mass is 32.2. The lowest BCUT2D eigenvalue weighted by Crippen LogP contribution is -2.17. The monoisotopic (exact) mass is 188 g/mol. The van der Waals surface area contributed by atoms with Gasteiger partial charge in [0, 0.05) is 12.4 Å². The van der Waals surface area contributed by atoms with Crippen LogP contribution >= 0.6 is 10.7 Å². The number of rotatable bonds is 2. The Morgan fingerprint density at radius 3 is 2.92 bits per heavy atom. The second-order valence-corrected chi connectivity index (χ2v) is 4.12. The fraction of sp³-hybridized carbons (Fsp3) is 0.571. The van der Waals surface area contributed by atoms with Gasteiger partial charge in [0.05, 0.1) is 6.61 Å². The molecule has 68 valence electrons. The minimum Gasteiger partial charge on any atom is -0.461 e. The van der Waals surface area contributed by atoms with Gasteiger partial charge in [0.15, 0.2) is 5.71 Å². The third kappa shape index (κ3) is 1.85. The molecule has 5 heteroatoms. The number of carbonyl (C=O) groups is 1. The number of esters is 1. The number of carbonyl (C=O) groups excluding carboxylic acids is 1. The van der Waals surface area contributed by atoms with E-state index in [2.05, 4.69) is 5.10 Å². The van der Waals surface area contributed by atoms with Crippen molar-refractivity contribution >= 4 is 27.7 Å². The zero-order valence-corrected chi connectivity index (χ0v) is 8.22. The van der Waals surface area contributed by atoms with Crippen LogP contribution < -0.4 is 0 Å². The maximum atomic E-state index is 11.1. The van der Waals surface area contributed by atoms with Crippen LogP contribution in [0.3, 0.4) is 0 Å². The summed E-state index contributed by atoms with van der Waals surface area (Å²) in [6, 6.07) is 0. The summed E-state index contributed by atoms with van der Waals surface area (Å²) in [5.74, 6) is -0.332. The highest BCUT2D eigenvalue weighted by Crippen LogP contribution is 2.17. The second kappa shape index (κ2) is 3.71. The van der Waals surface area contributed by atoms with E-state index in [0.717, 1.165) is 0 Å². The summed E-state index contributed by atoms with van der Waals surface area (Å²) in [7, 11) is 1.77. The van der Waals surface area contributed by atoms with Gasteiger partial charge in [-0.3, -0.25) is 0 Å². The van der Waals surface area contributed by atoms with E-state index in [4.69, 9.17) is 4.74 Å². The summed E-state index contributed by atoms with van der Waals surface area (Å²) < 4.78 is 6.56. The van der Waals surface area contributed by atoms with Crippen molar-refractivity contribution in [3.63, 3.8) is 0 Å². The van der Waals surface area contributed by atoms with Gasteiger partial charge in [-0.15, -0.1) is 0 Å². The van der Waals surface area contributed by atoms with Crippen LogP contribution in [0.5, 0.6) is 0 Å². The molecule has 0 aromatic heterocycles. The Morgan fingerprint density at radius 1 is 1.83 bits per heavy atom. The summed E-state index contributed by atoms with van der Waals surface area (Å²) in [5.41, 5.74) is 0.421. The lowest BCUT2D eigenvalue weighted by atomic mass is 10.4. The molecular formula is C7H12N2O2S. The molecule has 0 aromatic carbocycles. The van der Waals surface area contributed by atoms with Crippen molar-refractivity contribution in [1.29, 1.82) is 0 Å². The molecule has 12 heavy (non-hydrogen) atoms. The van der Waals surface area contributed by atoms with Crippen LogP contribution in [0.1, 0.15) is 6.92 Å². The van der Waals surface area contributed by atoms with E-state index in [-0.39, 0.29) is 16.6 Å². The van der Waals surface area contributed by atoms with Crippen LogP contribution in [0, 0.1) is 0 Å². The summed E-state index contributed by atoms with van der Waals surface area (Å²) in [6.45, 7) is 2.18. The molecule has 1 unspecified atom stereocenters. The van der Waals surface area contributed by atoms with E-state index in [0.29, 0.717) is 12.3 Å². The van der Waals surface area contributed by atoms with E-state index in [1.165, 1.54) is 0 Å². The van der Waals surface area contributed by atoms with Crippen molar-refractivity contribution in [2.24, 2.45) is 5.10 Å². The SMILES string of the molecule is CCOC(=O)C1=NN(C)S(C)=C1. The van der Waals surface area contributed by atoms with Gasteiger partial charge in [-0.2, -0.15) is 5.10 Å². The van der Waals surface area contributed by atoms with E-state index in [1.807, 2.05) is 18.7 Å². The van der Waals surface area contributed by atoms with E-state index in [1.54, 1.807) is 11.3 Å². The van der Waals surface area contributed by atoms with Gasteiger partial charge in [0.1, 0.15) is 0 Å². The van der Waals surface area contributed by atoms with E-state index in [9.17, 15) is 4.79 Å². The Bertz CT molecular complexity index is 260. The molecule has 0 aliphatic carbocycles. The average molecular weight is 188 g/mol. The maximum Gasteiger partial charge on any atom is 0.359 e. The van der Waals surface area contributed by atoms with Crippen molar-refractivity contribution in [2.75, 3.05) is 19.9 Å². The molecule has 0 aromatic rings. The summed E-state index contributed by atoms with van der Waals surface area (Å²) in [5, 5.41) is 5.84. The van der Waals surface area contributed by atoms with Crippen LogP contribution in [0.25, 0.3) is 0 Å². The predicted octanol–water partition coefficient (Wildman–Crippen LogP) is 0.467. The largest absolute Gasteiger partial charge is 0.461 e. The van der Waals surface area contributed by atoms with Crippen molar-refractivity contribution in [1.82, 2.24) is 4.41 Å². The summed E-state index contributed by atoms with van der Waals surface area (Å²) >= 11 is 0. The standard InChI is InChI=1S/C7H12N2O2S/c1-4-11-7(10)6-5-12(3)9(2)8-6/h5H,4H2,1-3H3. The third-order valence-corrected chi connectivity index (χ3v) is 2.91. The van der Waals surface area contributed by atoms with Gasteiger partial charge >= 0.3 is 5.97 Å². The number of hydrazone groups is 1. The van der Waals surface area contributed by atoms with Gasteiger partial charge in [0.25, 0.3) is 0 Å². The van der Waals surface area contributed by atoms with Crippen molar-refractivity contribution in [3.8, 4) is 0 Å². The maximum absolute atomic E-state index is 11.1. The van der Waals surface area contributed by atoms with E-state index >= 15 is 0 Å². The Labute approximate surface area is 74.3 Å². The van der Waals surface area contributed by atoms with Crippen molar-refractivity contribution < 1.29 is 9.53 Å². The number of hydrogen-bond acceptors (Lipinski definition) is 4. The zero-order chi connectivity index (χ0) is 9.14. The van der Waals surface area contributed by atoms with Crippen LogP contribution in [0.2, 0.25) is 0 Å². The normalized spacial score (nSPS) is 21.8. The smallest absolute Gasteiger partial charge is 0.359 e. The Morgan fingerprint density at radius 2 is 2.50 bits per heavy atom. The number of nitrogens with zero attached hydrogens (tertiary/aromatic N) is 2. The topological polar surface area (TPSA) is 41.9 Å². The molecule has 1 rings (SSSR count). The molecule has 1 aliphatic heterocycles. The minimum absolute atomic E-state index is 0.0680. The highest BCUT2D eigenvalue weighted by molar-refractivity contribution is 8.13. The first-order valence-electron chi connectivity index (χ1n) is 3.64. The quantitative estimate of drug-likeness (QED) is 0.467. The van der Waals surface area contributed by atoms with Gasteiger partial charge in [-0.1, -0.05) is 10.7 Å². The van der Waals surface area contributed by atoms with Gasteiger partial charge in [0.2, 0.25) is 0 Å². The summed E-state index contributed by atoms with van der Waals surface area (Å²) in [6.07, 6.45) is 2.00. The predicted molar refractivity (Wildman–Crippen MR) is 51.4 cm³/mol. The lowest BCUT2D eigenvalue weighted by Gasteiger charge is -2.06. The number of hydrogen-bond donors (Lipinski definition) is 0. The molecular weight excluding hydrogens is 176 g/mol. The number of ether oxygens (including phenoxy) is 1. The Hall–Kier alpha value is -0.840. The average Bonchev–Trinajstić information content (AvgIpc) is 2.33.